The number of hydrogen-bond donors (Lipinski definition) is 1. The number of hydrogen-bond acceptors (Lipinski definition) is 5. The lowest BCUT2D eigenvalue weighted by Gasteiger charge is -2.08. The van der Waals surface area contributed by atoms with Crippen molar-refractivity contribution in [2.75, 3.05) is 6.61 Å². The first-order valence-corrected chi connectivity index (χ1v) is 9.82. The van der Waals surface area contributed by atoms with Gasteiger partial charge in [0.25, 0.3) is 0 Å². The van der Waals surface area contributed by atoms with Crippen molar-refractivity contribution >= 4 is 33.8 Å². The number of thioether (sulfide) groups is 1. The van der Waals surface area contributed by atoms with Crippen LogP contribution in [0.5, 0.6) is 5.75 Å². The minimum Gasteiger partial charge on any atom is -0.494 e. The molecule has 0 bridgehead atoms. The Labute approximate surface area is 160 Å². The Balaban J connectivity index is 1.64. The highest BCUT2D eigenvalue weighted by atomic mass is 32.2. The molecule has 2 aromatic heterocycles. The smallest absolute Gasteiger partial charge is 0.336 e. The number of ether oxygens (including phenoxy) is 1. The molecule has 1 N–H and O–H groups in total. The molecule has 2 heterocycles. The van der Waals surface area contributed by atoms with E-state index in [-0.39, 0.29) is 5.63 Å². The van der Waals surface area contributed by atoms with Crippen molar-refractivity contribution in [2.45, 2.75) is 31.7 Å². The Morgan fingerprint density at radius 2 is 2.04 bits per heavy atom. The molecule has 6 heteroatoms. The van der Waals surface area contributed by atoms with Crippen LogP contribution < -0.4 is 10.4 Å². The summed E-state index contributed by atoms with van der Waals surface area (Å²) in [4.78, 5) is 19.9. The Morgan fingerprint density at radius 3 is 2.85 bits per heavy atom. The molecule has 27 heavy (non-hydrogen) atoms. The first-order chi connectivity index (χ1) is 13.0. The molecule has 0 spiro atoms. The van der Waals surface area contributed by atoms with Crippen LogP contribution in [0.3, 0.4) is 0 Å². The van der Waals surface area contributed by atoms with Crippen molar-refractivity contribution in [2.24, 2.45) is 0 Å². The van der Waals surface area contributed by atoms with Crippen LogP contribution >= 0.6 is 11.8 Å². The van der Waals surface area contributed by atoms with E-state index in [1.807, 2.05) is 45.0 Å². The van der Waals surface area contributed by atoms with Crippen LogP contribution in [0.25, 0.3) is 22.0 Å². The minimum absolute atomic E-state index is 0.322. The van der Waals surface area contributed by atoms with Crippen molar-refractivity contribution in [1.82, 2.24) is 9.97 Å². The van der Waals surface area contributed by atoms with Gasteiger partial charge in [0.05, 0.1) is 17.6 Å². The average Bonchev–Trinajstić information content (AvgIpc) is 3.05. The number of H-pyrrole nitrogens is 1. The molecule has 0 saturated carbocycles. The van der Waals surface area contributed by atoms with Crippen LogP contribution in [0.2, 0.25) is 0 Å². The molecule has 0 fully saturated rings. The molecule has 0 amide bonds. The molecule has 0 aliphatic heterocycles. The number of nitrogens with one attached hydrogen (secondary N) is 1. The van der Waals surface area contributed by atoms with Gasteiger partial charge in [-0.3, -0.25) is 0 Å². The number of nitrogens with zero attached hydrogens (tertiary/aromatic N) is 1. The number of aromatic nitrogens is 2. The highest BCUT2D eigenvalue weighted by Gasteiger charge is 2.11. The summed E-state index contributed by atoms with van der Waals surface area (Å²) >= 11 is 1.56. The summed E-state index contributed by atoms with van der Waals surface area (Å²) in [6.45, 7) is 6.58. The lowest BCUT2D eigenvalue weighted by Crippen LogP contribution is -2.01. The van der Waals surface area contributed by atoms with Gasteiger partial charge in [-0.1, -0.05) is 23.9 Å². The third-order valence-corrected chi connectivity index (χ3v) is 5.55. The molecule has 0 saturated heterocycles. The number of aryl methyl sites for hydroxylation is 2. The third kappa shape index (κ3) is 3.45. The zero-order valence-electron chi connectivity index (χ0n) is 15.5. The van der Waals surface area contributed by atoms with Crippen LogP contribution in [0, 0.1) is 13.8 Å². The average molecular weight is 380 g/mol. The van der Waals surface area contributed by atoms with Gasteiger partial charge in [0.15, 0.2) is 5.16 Å². The standard InChI is InChI=1S/C21H20N2O3S/c1-4-25-15-6-8-17-18(10-15)23-21(22-17)27-11-14-9-19(24)26-20-13(3)12(2)5-7-16(14)20/h5-10H,4,11H2,1-3H3,(H,22,23). The van der Waals surface area contributed by atoms with E-state index in [1.54, 1.807) is 17.8 Å². The van der Waals surface area contributed by atoms with Gasteiger partial charge in [-0.2, -0.15) is 0 Å². The van der Waals surface area contributed by atoms with Gasteiger partial charge in [-0.25, -0.2) is 9.78 Å². The van der Waals surface area contributed by atoms with Crippen molar-refractivity contribution in [3.05, 3.63) is 63.5 Å². The second-order valence-corrected chi connectivity index (χ2v) is 7.38. The van der Waals surface area contributed by atoms with Gasteiger partial charge in [-0.05, 0) is 49.6 Å². The molecule has 138 valence electrons. The van der Waals surface area contributed by atoms with Crippen molar-refractivity contribution < 1.29 is 9.15 Å². The molecule has 0 unspecified atom stereocenters. The van der Waals surface area contributed by atoms with Crippen LogP contribution in [-0.2, 0) is 5.75 Å². The van der Waals surface area contributed by atoms with Crippen LogP contribution in [0.15, 0.2) is 50.8 Å². The Kier molecular flexibility index (Phi) is 4.66. The molecule has 0 atom stereocenters. The molecule has 0 aliphatic carbocycles. The summed E-state index contributed by atoms with van der Waals surface area (Å²) in [5.74, 6) is 1.45. The molecule has 2 aromatic carbocycles. The predicted octanol–water partition coefficient (Wildman–Crippen LogP) is 4.98. The van der Waals surface area contributed by atoms with Gasteiger partial charge in [0, 0.05) is 23.3 Å². The van der Waals surface area contributed by atoms with E-state index in [9.17, 15) is 4.79 Å². The largest absolute Gasteiger partial charge is 0.494 e. The number of rotatable bonds is 5. The molecule has 4 aromatic rings. The monoisotopic (exact) mass is 380 g/mol. The van der Waals surface area contributed by atoms with E-state index in [4.69, 9.17) is 9.15 Å². The van der Waals surface area contributed by atoms with Gasteiger partial charge in [0.2, 0.25) is 0 Å². The van der Waals surface area contributed by atoms with Crippen LogP contribution in [0.1, 0.15) is 23.6 Å². The van der Waals surface area contributed by atoms with E-state index in [0.29, 0.717) is 17.9 Å². The lowest BCUT2D eigenvalue weighted by atomic mass is 10.0. The first kappa shape index (κ1) is 17.7. The summed E-state index contributed by atoms with van der Waals surface area (Å²) < 4.78 is 11.0. The van der Waals surface area contributed by atoms with Crippen molar-refractivity contribution in [3.8, 4) is 5.75 Å². The fourth-order valence-corrected chi connectivity index (χ4v) is 3.96. The third-order valence-electron chi connectivity index (χ3n) is 4.62. The van der Waals surface area contributed by atoms with Crippen molar-refractivity contribution in [3.63, 3.8) is 0 Å². The second-order valence-electron chi connectivity index (χ2n) is 6.42. The number of imidazole rings is 1. The highest BCUT2D eigenvalue weighted by Crippen LogP contribution is 2.29. The van der Waals surface area contributed by atoms with E-state index in [2.05, 4.69) is 16.0 Å². The highest BCUT2D eigenvalue weighted by molar-refractivity contribution is 7.98. The van der Waals surface area contributed by atoms with Gasteiger partial charge < -0.3 is 14.1 Å². The Bertz CT molecular complexity index is 1190. The molecule has 0 aliphatic rings. The van der Waals surface area contributed by atoms with E-state index >= 15 is 0 Å². The zero-order chi connectivity index (χ0) is 19.0. The van der Waals surface area contributed by atoms with Gasteiger partial charge in [0.1, 0.15) is 11.3 Å². The Morgan fingerprint density at radius 1 is 1.19 bits per heavy atom. The number of aromatic amines is 1. The normalized spacial score (nSPS) is 11.4. The minimum atomic E-state index is -0.322. The molecule has 4 rings (SSSR count). The van der Waals surface area contributed by atoms with Crippen molar-refractivity contribution in [1.29, 1.82) is 0 Å². The maximum atomic E-state index is 12.0. The summed E-state index contributed by atoms with van der Waals surface area (Å²) in [7, 11) is 0. The lowest BCUT2D eigenvalue weighted by molar-refractivity contribution is 0.340. The first-order valence-electron chi connectivity index (χ1n) is 8.83. The topological polar surface area (TPSA) is 68.1 Å². The van der Waals surface area contributed by atoms with Crippen LogP contribution in [0.4, 0.5) is 0 Å². The second kappa shape index (κ2) is 7.12. The summed E-state index contributed by atoms with van der Waals surface area (Å²) in [6, 6.07) is 11.5. The van der Waals surface area contributed by atoms with E-state index < -0.39 is 0 Å². The summed E-state index contributed by atoms with van der Waals surface area (Å²) in [6.07, 6.45) is 0. The summed E-state index contributed by atoms with van der Waals surface area (Å²) in [5.41, 5.74) is 5.24. The van der Waals surface area contributed by atoms with Gasteiger partial charge in [-0.15, -0.1) is 0 Å². The number of fused-ring (bicyclic) bond motifs is 2. The predicted molar refractivity (Wildman–Crippen MR) is 109 cm³/mol. The maximum Gasteiger partial charge on any atom is 0.336 e. The fourth-order valence-electron chi connectivity index (χ4n) is 3.08. The summed E-state index contributed by atoms with van der Waals surface area (Å²) in [5, 5.41) is 1.78. The number of benzene rings is 2. The van der Waals surface area contributed by atoms with Gasteiger partial charge >= 0.3 is 5.63 Å². The molecule has 0 radical (unpaired) electrons. The zero-order valence-corrected chi connectivity index (χ0v) is 16.3. The van der Waals surface area contributed by atoms with Crippen LogP contribution in [-0.4, -0.2) is 16.6 Å². The molecule has 5 nitrogen and oxygen atoms in total. The SMILES string of the molecule is CCOc1ccc2nc(SCc3cc(=O)oc4c(C)c(C)ccc34)[nH]c2c1. The molecular formula is C21H20N2O3S. The molecular weight excluding hydrogens is 360 g/mol. The maximum absolute atomic E-state index is 12.0. The van der Waals surface area contributed by atoms with E-state index in [0.717, 1.165) is 44.0 Å². The quantitative estimate of drug-likeness (QED) is 0.391. The Hall–Kier alpha value is -2.73. The van der Waals surface area contributed by atoms with E-state index in [1.165, 1.54) is 0 Å². The fraction of sp³-hybridized carbons (Fsp3) is 0.238.